The predicted octanol–water partition coefficient (Wildman–Crippen LogP) is 1.60. The molecule has 12 heteroatoms. The molecule has 2 aliphatic rings. The molecule has 0 bridgehead atoms. The molecule has 2 aliphatic heterocycles. The van der Waals surface area contributed by atoms with E-state index < -0.39 is 60.3 Å². The molecule has 0 radical (unpaired) electrons. The number of carbonyl (C=O) groups is 3. The molecule has 1 fully saturated rings. The largest absolute Gasteiger partial charge is 0.463 e. The van der Waals surface area contributed by atoms with Gasteiger partial charge in [-0.2, -0.15) is 13.2 Å². The number of nitrogens with zero attached hydrogens (tertiary/aromatic N) is 1. The van der Waals surface area contributed by atoms with Crippen LogP contribution in [0, 0.1) is 0 Å². The second-order valence-corrected chi connectivity index (χ2v) is 7.09. The third-order valence-electron chi connectivity index (χ3n) is 3.57. The topological polar surface area (TPSA) is 100 Å². The van der Waals surface area contributed by atoms with Crippen molar-refractivity contribution < 1.29 is 46.5 Å². The third kappa shape index (κ3) is 6.09. The van der Waals surface area contributed by atoms with E-state index in [4.69, 9.17) is 18.9 Å². The minimum absolute atomic E-state index is 0.232. The van der Waals surface area contributed by atoms with Gasteiger partial charge in [0.2, 0.25) is 0 Å². The molecule has 0 N–H and O–H groups in total. The van der Waals surface area contributed by atoms with Crippen molar-refractivity contribution in [3.63, 3.8) is 0 Å². The van der Waals surface area contributed by atoms with Gasteiger partial charge in [0.25, 0.3) is 0 Å². The summed E-state index contributed by atoms with van der Waals surface area (Å²) >= 11 is 0.747. The van der Waals surface area contributed by atoms with E-state index in [0.29, 0.717) is 0 Å². The van der Waals surface area contributed by atoms with Gasteiger partial charge in [0.05, 0.1) is 11.5 Å². The van der Waals surface area contributed by atoms with Gasteiger partial charge in [0.1, 0.15) is 24.2 Å². The van der Waals surface area contributed by atoms with Gasteiger partial charge in [0.15, 0.2) is 12.2 Å². The lowest BCUT2D eigenvalue weighted by Crippen LogP contribution is -2.59. The van der Waals surface area contributed by atoms with Crippen LogP contribution in [0.25, 0.3) is 0 Å². The second-order valence-electron chi connectivity index (χ2n) is 5.92. The molecule has 8 nitrogen and oxygen atoms in total. The molecular formula is C15H18F3NO7S. The molecular weight excluding hydrogens is 395 g/mol. The normalized spacial score (nSPS) is 30.1. The zero-order chi connectivity index (χ0) is 20.4. The lowest BCUT2D eigenvalue weighted by Gasteiger charge is -2.41. The van der Waals surface area contributed by atoms with E-state index in [1.165, 1.54) is 0 Å². The van der Waals surface area contributed by atoms with Crippen molar-refractivity contribution in [2.75, 3.05) is 6.61 Å². The maximum Gasteiger partial charge on any atom is 0.395 e. The summed E-state index contributed by atoms with van der Waals surface area (Å²) < 4.78 is 58.9. The summed E-state index contributed by atoms with van der Waals surface area (Å²) in [7, 11) is 0. The maximum atomic E-state index is 12.7. The van der Waals surface area contributed by atoms with Crippen molar-refractivity contribution >= 4 is 34.7 Å². The molecule has 0 aromatic heterocycles. The van der Waals surface area contributed by atoms with Gasteiger partial charge >= 0.3 is 24.1 Å². The van der Waals surface area contributed by atoms with Gasteiger partial charge in [-0.25, -0.2) is 0 Å². The molecule has 0 aromatic carbocycles. The molecule has 152 valence electrons. The quantitative estimate of drug-likeness (QED) is 0.495. The average Bonchev–Trinajstić information content (AvgIpc) is 2.86. The number of thioether (sulfide) groups is 1. The van der Waals surface area contributed by atoms with Gasteiger partial charge in [-0.1, -0.05) is 11.8 Å². The minimum atomic E-state index is -4.47. The highest BCUT2D eigenvalue weighted by atomic mass is 32.2. The number of alkyl halides is 3. The summed E-state index contributed by atoms with van der Waals surface area (Å²) in [5, 5.41) is -0.232. The van der Waals surface area contributed by atoms with Gasteiger partial charge in [-0.3, -0.25) is 19.4 Å². The van der Waals surface area contributed by atoms with Crippen LogP contribution in [0.4, 0.5) is 13.2 Å². The van der Waals surface area contributed by atoms with Crippen molar-refractivity contribution in [1.82, 2.24) is 0 Å². The number of halogens is 3. The van der Waals surface area contributed by atoms with Crippen LogP contribution in [0.5, 0.6) is 0 Å². The molecule has 27 heavy (non-hydrogen) atoms. The summed E-state index contributed by atoms with van der Waals surface area (Å²) in [4.78, 5) is 38.0. The molecule has 5 atom stereocenters. The Bertz CT molecular complexity index is 639. The molecule has 0 aromatic rings. The molecule has 1 saturated heterocycles. The first-order chi connectivity index (χ1) is 12.5. The molecule has 0 amide bonds. The van der Waals surface area contributed by atoms with E-state index >= 15 is 0 Å². The van der Waals surface area contributed by atoms with Gasteiger partial charge in [-0.05, 0) is 0 Å². The minimum Gasteiger partial charge on any atom is -0.463 e. The van der Waals surface area contributed by atoms with Crippen molar-refractivity contribution in [1.29, 1.82) is 0 Å². The Morgan fingerprint density at radius 2 is 1.67 bits per heavy atom. The molecule has 0 saturated carbocycles. The number of fused-ring (bicyclic) bond motifs is 1. The van der Waals surface area contributed by atoms with Gasteiger partial charge < -0.3 is 18.9 Å². The Morgan fingerprint density at radius 3 is 2.19 bits per heavy atom. The first kappa shape index (κ1) is 21.5. The molecule has 2 rings (SSSR count). The van der Waals surface area contributed by atoms with Crippen LogP contribution in [0.3, 0.4) is 0 Å². The summed E-state index contributed by atoms with van der Waals surface area (Å²) in [6.45, 7) is 3.05. The second kappa shape index (κ2) is 8.46. The van der Waals surface area contributed by atoms with Gasteiger partial charge in [-0.15, -0.1) is 0 Å². The molecule has 0 unspecified atom stereocenters. The number of carbonyl (C=O) groups excluding carboxylic acids is 3. The van der Waals surface area contributed by atoms with E-state index in [1.807, 2.05) is 0 Å². The highest BCUT2D eigenvalue weighted by Crippen LogP contribution is 2.41. The van der Waals surface area contributed by atoms with Crippen LogP contribution in [-0.2, 0) is 33.3 Å². The first-order valence-electron chi connectivity index (χ1n) is 7.89. The first-order valence-corrected chi connectivity index (χ1v) is 8.77. The fraction of sp³-hybridized carbons (Fsp3) is 0.733. The highest BCUT2D eigenvalue weighted by Gasteiger charge is 2.53. The smallest absolute Gasteiger partial charge is 0.395 e. The van der Waals surface area contributed by atoms with Crippen LogP contribution < -0.4 is 0 Å². The fourth-order valence-corrected chi connectivity index (χ4v) is 3.96. The Kier molecular flexibility index (Phi) is 6.73. The van der Waals surface area contributed by atoms with Gasteiger partial charge in [0, 0.05) is 20.8 Å². The monoisotopic (exact) mass is 413 g/mol. The Hall–Kier alpha value is -1.82. The van der Waals surface area contributed by atoms with Crippen LogP contribution in [0.2, 0.25) is 0 Å². The summed E-state index contributed by atoms with van der Waals surface area (Å²) in [5.74, 6) is -2.08. The number of rotatable bonds is 5. The van der Waals surface area contributed by atoms with E-state index in [-0.39, 0.29) is 11.7 Å². The Balaban J connectivity index is 2.29. The van der Waals surface area contributed by atoms with Crippen molar-refractivity contribution in [3.05, 3.63) is 0 Å². The predicted molar refractivity (Wildman–Crippen MR) is 85.9 cm³/mol. The van der Waals surface area contributed by atoms with Crippen LogP contribution in [0.1, 0.15) is 27.2 Å². The van der Waals surface area contributed by atoms with Crippen LogP contribution in [-0.4, -0.2) is 65.5 Å². The standard InChI is InChI=1S/C15H18F3NO7S/c1-6(20)23-5-9-12(24-7(2)21)13(25-8(3)22)11-14(26-9)27-10(19-11)4-15(16,17)18/h9,11-14H,4-5H2,1-3H3/t9-,11-,12-,13-,14-/m1/s1. The fourth-order valence-electron chi connectivity index (χ4n) is 2.71. The number of hydrogen-bond donors (Lipinski definition) is 0. The van der Waals surface area contributed by atoms with Crippen LogP contribution in [0.15, 0.2) is 4.99 Å². The Labute approximate surface area is 156 Å². The number of aliphatic imine (C=N–C) groups is 1. The number of esters is 3. The Morgan fingerprint density at radius 1 is 1.07 bits per heavy atom. The summed E-state index contributed by atoms with van der Waals surface area (Å²) in [6.07, 6.45) is -9.13. The molecule has 2 heterocycles. The van der Waals surface area contributed by atoms with Crippen LogP contribution >= 0.6 is 11.8 Å². The highest BCUT2D eigenvalue weighted by molar-refractivity contribution is 8.14. The van der Waals surface area contributed by atoms with E-state index in [2.05, 4.69) is 4.99 Å². The molecule has 0 spiro atoms. The lowest BCUT2D eigenvalue weighted by molar-refractivity contribution is -0.208. The average molecular weight is 413 g/mol. The maximum absolute atomic E-state index is 12.7. The SMILES string of the molecule is CC(=O)OC[C@H]1O[C@@H]2SC(CC(F)(F)F)=N[C@@H]2[C@@H](OC(C)=O)[C@@H]1OC(C)=O. The molecule has 0 aliphatic carbocycles. The van der Waals surface area contributed by atoms with E-state index in [0.717, 1.165) is 32.5 Å². The van der Waals surface area contributed by atoms with Crippen molar-refractivity contribution in [3.8, 4) is 0 Å². The zero-order valence-corrected chi connectivity index (χ0v) is 15.5. The summed E-state index contributed by atoms with van der Waals surface area (Å²) in [5.41, 5.74) is -0.904. The zero-order valence-electron chi connectivity index (χ0n) is 14.6. The van der Waals surface area contributed by atoms with Crippen molar-refractivity contribution in [2.24, 2.45) is 4.99 Å². The van der Waals surface area contributed by atoms with E-state index in [9.17, 15) is 27.6 Å². The van der Waals surface area contributed by atoms with E-state index in [1.54, 1.807) is 0 Å². The summed E-state index contributed by atoms with van der Waals surface area (Å²) in [6, 6.07) is -0.992. The number of ether oxygens (including phenoxy) is 4. The number of hydrogen-bond acceptors (Lipinski definition) is 9. The van der Waals surface area contributed by atoms with Crippen molar-refractivity contribution in [2.45, 2.75) is 63.2 Å². The third-order valence-corrected chi connectivity index (χ3v) is 4.71. The lowest BCUT2D eigenvalue weighted by atomic mass is 9.97.